The molecule has 1 atom stereocenters. The fourth-order valence-corrected chi connectivity index (χ4v) is 1.47. The number of aliphatic hydroxyl groups excluding tert-OH is 1. The van der Waals surface area contributed by atoms with Crippen LogP contribution in [0.15, 0.2) is 6.20 Å². The molecule has 1 rings (SSSR count). The first-order chi connectivity index (χ1) is 6.65. The van der Waals surface area contributed by atoms with Crippen molar-refractivity contribution in [1.29, 1.82) is 0 Å². The average Bonchev–Trinajstić information content (AvgIpc) is 2.51. The number of aryl methyl sites for hydroxylation is 1. The Bertz CT molecular complexity index is 270. The molecule has 1 heterocycles. The van der Waals surface area contributed by atoms with Crippen LogP contribution in [0.2, 0.25) is 0 Å². The fraction of sp³-hybridized carbons (Fsp3) is 0.800. The molecule has 0 saturated carbocycles. The van der Waals surface area contributed by atoms with E-state index in [4.69, 9.17) is 0 Å². The summed E-state index contributed by atoms with van der Waals surface area (Å²) in [5.74, 6) is 0.462. The predicted octanol–water partition coefficient (Wildman–Crippen LogP) is 1.77. The van der Waals surface area contributed by atoms with Gasteiger partial charge in [-0.1, -0.05) is 32.4 Å². The first-order valence-electron chi connectivity index (χ1n) is 5.22. The largest absolute Gasteiger partial charge is 0.372 e. The van der Waals surface area contributed by atoms with Gasteiger partial charge in [0.25, 0.3) is 0 Å². The van der Waals surface area contributed by atoms with E-state index < -0.39 is 6.23 Å². The van der Waals surface area contributed by atoms with Crippen LogP contribution in [0.3, 0.4) is 0 Å². The summed E-state index contributed by atoms with van der Waals surface area (Å²) in [7, 11) is 0. The molecule has 1 unspecified atom stereocenters. The molecule has 0 fully saturated rings. The molecule has 0 aliphatic rings. The van der Waals surface area contributed by atoms with Crippen molar-refractivity contribution < 1.29 is 5.11 Å². The second kappa shape index (κ2) is 5.10. The molecule has 80 valence electrons. The lowest BCUT2D eigenvalue weighted by molar-refractivity contribution is 0.0640. The highest BCUT2D eigenvalue weighted by Crippen LogP contribution is 2.15. The van der Waals surface area contributed by atoms with Gasteiger partial charge in [0.05, 0.1) is 11.9 Å². The van der Waals surface area contributed by atoms with E-state index in [0.29, 0.717) is 5.92 Å². The van der Waals surface area contributed by atoms with Crippen LogP contribution in [0.1, 0.15) is 45.5 Å². The molecule has 0 bridgehead atoms. The number of hydrogen-bond donors (Lipinski definition) is 1. The molecule has 0 aliphatic heterocycles. The number of aromatic nitrogens is 3. The predicted molar refractivity (Wildman–Crippen MR) is 54.7 cm³/mol. The Morgan fingerprint density at radius 3 is 2.79 bits per heavy atom. The van der Waals surface area contributed by atoms with Gasteiger partial charge in [-0.05, 0) is 18.8 Å². The van der Waals surface area contributed by atoms with Crippen LogP contribution in [-0.4, -0.2) is 20.1 Å². The van der Waals surface area contributed by atoms with E-state index in [-0.39, 0.29) is 0 Å². The van der Waals surface area contributed by atoms with Gasteiger partial charge in [-0.15, -0.1) is 5.10 Å². The Labute approximate surface area is 84.9 Å². The molecule has 0 amide bonds. The zero-order chi connectivity index (χ0) is 10.6. The number of hydrogen-bond acceptors (Lipinski definition) is 3. The molecule has 4 nitrogen and oxygen atoms in total. The van der Waals surface area contributed by atoms with Crippen molar-refractivity contribution in [3.05, 3.63) is 11.9 Å². The van der Waals surface area contributed by atoms with Gasteiger partial charge in [0.2, 0.25) is 0 Å². The highest BCUT2D eigenvalue weighted by atomic mass is 16.3. The summed E-state index contributed by atoms with van der Waals surface area (Å²) in [4.78, 5) is 0. The molecule has 0 aliphatic carbocycles. The minimum absolute atomic E-state index is 0.462. The Kier molecular flexibility index (Phi) is 4.07. The normalized spacial score (nSPS) is 13.5. The van der Waals surface area contributed by atoms with Gasteiger partial charge in [-0.3, -0.25) is 0 Å². The van der Waals surface area contributed by atoms with Crippen molar-refractivity contribution >= 4 is 0 Å². The van der Waals surface area contributed by atoms with Crippen LogP contribution >= 0.6 is 0 Å². The molecule has 1 N–H and O–H groups in total. The number of rotatable bonds is 5. The molecule has 4 heteroatoms. The third kappa shape index (κ3) is 2.80. The van der Waals surface area contributed by atoms with Crippen LogP contribution in [0.4, 0.5) is 0 Å². The lowest BCUT2D eigenvalue weighted by atomic mass is 10.1. The van der Waals surface area contributed by atoms with Crippen molar-refractivity contribution in [3.63, 3.8) is 0 Å². The fourth-order valence-electron chi connectivity index (χ4n) is 1.47. The average molecular weight is 197 g/mol. The van der Waals surface area contributed by atoms with Crippen LogP contribution in [0, 0.1) is 5.92 Å². The van der Waals surface area contributed by atoms with E-state index in [1.807, 2.05) is 0 Å². The smallest absolute Gasteiger partial charge is 0.149 e. The van der Waals surface area contributed by atoms with Crippen LogP contribution in [0.5, 0.6) is 0 Å². The van der Waals surface area contributed by atoms with E-state index >= 15 is 0 Å². The maximum atomic E-state index is 9.85. The Hall–Kier alpha value is -0.900. The van der Waals surface area contributed by atoms with E-state index in [0.717, 1.165) is 25.0 Å². The van der Waals surface area contributed by atoms with Gasteiger partial charge in [-0.25, -0.2) is 4.68 Å². The minimum Gasteiger partial charge on any atom is -0.372 e. The van der Waals surface area contributed by atoms with Gasteiger partial charge in [0.15, 0.2) is 0 Å². The van der Waals surface area contributed by atoms with Crippen LogP contribution < -0.4 is 0 Å². The third-order valence-corrected chi connectivity index (χ3v) is 2.12. The van der Waals surface area contributed by atoms with Gasteiger partial charge in [-0.2, -0.15) is 0 Å². The first kappa shape index (κ1) is 11.2. The Morgan fingerprint density at radius 2 is 2.21 bits per heavy atom. The molecule has 1 aromatic rings. The van der Waals surface area contributed by atoms with E-state index in [1.165, 1.54) is 0 Å². The minimum atomic E-state index is -0.529. The van der Waals surface area contributed by atoms with Crippen LogP contribution in [0.25, 0.3) is 0 Å². The van der Waals surface area contributed by atoms with Gasteiger partial charge in [0.1, 0.15) is 6.23 Å². The summed E-state index contributed by atoms with van der Waals surface area (Å²) in [6.07, 6.45) is 3.89. The second-order valence-corrected chi connectivity index (χ2v) is 4.03. The third-order valence-electron chi connectivity index (χ3n) is 2.12. The zero-order valence-corrected chi connectivity index (χ0v) is 9.14. The van der Waals surface area contributed by atoms with Crippen LogP contribution in [-0.2, 0) is 6.42 Å². The van der Waals surface area contributed by atoms with E-state index in [9.17, 15) is 5.11 Å². The molecule has 0 spiro atoms. The SMILES string of the molecule is CCCc1cnnn1C(O)CC(C)C. The summed E-state index contributed by atoms with van der Waals surface area (Å²) in [6.45, 7) is 6.27. The monoisotopic (exact) mass is 197 g/mol. The lowest BCUT2D eigenvalue weighted by Crippen LogP contribution is -2.15. The summed E-state index contributed by atoms with van der Waals surface area (Å²) in [5.41, 5.74) is 1.01. The first-order valence-corrected chi connectivity index (χ1v) is 5.22. The molecular formula is C10H19N3O. The Morgan fingerprint density at radius 1 is 1.50 bits per heavy atom. The summed E-state index contributed by atoms with van der Waals surface area (Å²) >= 11 is 0. The Balaban J connectivity index is 2.68. The maximum Gasteiger partial charge on any atom is 0.149 e. The number of nitrogens with zero attached hydrogens (tertiary/aromatic N) is 3. The van der Waals surface area contributed by atoms with Crippen molar-refractivity contribution in [1.82, 2.24) is 15.0 Å². The molecule has 0 aromatic carbocycles. The number of aliphatic hydroxyl groups is 1. The summed E-state index contributed by atoms with van der Waals surface area (Å²) < 4.78 is 1.63. The maximum absolute atomic E-state index is 9.85. The highest BCUT2D eigenvalue weighted by Gasteiger charge is 2.13. The molecule has 1 aromatic heterocycles. The van der Waals surface area contributed by atoms with E-state index in [1.54, 1.807) is 10.9 Å². The molecule has 14 heavy (non-hydrogen) atoms. The topological polar surface area (TPSA) is 50.9 Å². The van der Waals surface area contributed by atoms with Crippen molar-refractivity contribution in [2.45, 2.75) is 46.3 Å². The van der Waals surface area contributed by atoms with Gasteiger partial charge in [0, 0.05) is 0 Å². The van der Waals surface area contributed by atoms with Gasteiger partial charge < -0.3 is 5.11 Å². The highest BCUT2D eigenvalue weighted by molar-refractivity contribution is 4.94. The standard InChI is InChI=1S/C10H19N3O/c1-4-5-9-7-11-12-13(9)10(14)6-8(2)3/h7-8,10,14H,4-6H2,1-3H3. The lowest BCUT2D eigenvalue weighted by Gasteiger charge is -2.15. The summed E-state index contributed by atoms with van der Waals surface area (Å²) in [5, 5.41) is 17.6. The molecule has 0 radical (unpaired) electrons. The second-order valence-electron chi connectivity index (χ2n) is 4.03. The molecular weight excluding hydrogens is 178 g/mol. The van der Waals surface area contributed by atoms with Gasteiger partial charge >= 0.3 is 0 Å². The molecule has 0 saturated heterocycles. The quantitative estimate of drug-likeness (QED) is 0.782. The van der Waals surface area contributed by atoms with E-state index in [2.05, 4.69) is 31.1 Å². The van der Waals surface area contributed by atoms with Crippen molar-refractivity contribution in [2.24, 2.45) is 5.92 Å². The van der Waals surface area contributed by atoms with Crippen molar-refractivity contribution in [2.75, 3.05) is 0 Å². The summed E-state index contributed by atoms with van der Waals surface area (Å²) in [6, 6.07) is 0. The van der Waals surface area contributed by atoms with Crippen molar-refractivity contribution in [3.8, 4) is 0 Å². The zero-order valence-electron chi connectivity index (χ0n) is 9.14.